The molecule has 2 rings (SSSR count). The Morgan fingerprint density at radius 1 is 0.957 bits per heavy atom. The first-order valence-corrected chi connectivity index (χ1v) is 8.83. The first kappa shape index (κ1) is 18.1. The average Bonchev–Trinajstić information content (AvgIpc) is 2.51. The van der Waals surface area contributed by atoms with Crippen LogP contribution in [0.5, 0.6) is 11.5 Å². The van der Waals surface area contributed by atoms with Gasteiger partial charge in [0.25, 0.3) is 0 Å². The lowest BCUT2D eigenvalue weighted by atomic mass is 9.92. The molecule has 0 bridgehead atoms. The summed E-state index contributed by atoms with van der Waals surface area (Å²) in [6, 6.07) is 7.77. The summed E-state index contributed by atoms with van der Waals surface area (Å²) >= 11 is 0. The van der Waals surface area contributed by atoms with Crippen molar-refractivity contribution in [3.05, 3.63) is 24.3 Å². The van der Waals surface area contributed by atoms with E-state index in [0.717, 1.165) is 36.5 Å². The number of nitrogens with zero attached hydrogens (tertiary/aromatic N) is 1. The average molecular weight is 321 g/mol. The molecule has 0 spiro atoms. The molecule has 1 aromatic rings. The highest BCUT2D eigenvalue weighted by atomic mass is 16.5. The summed E-state index contributed by atoms with van der Waals surface area (Å²) in [6.07, 6.45) is 1.35. The van der Waals surface area contributed by atoms with Crippen molar-refractivity contribution in [2.75, 3.05) is 46.1 Å². The third-order valence-electron chi connectivity index (χ3n) is 4.13. The van der Waals surface area contributed by atoms with Crippen LogP contribution < -0.4 is 9.47 Å². The standard InChI is InChI=1S/C19H31NO3/c1-4-22-18-7-5-6-8-19(18)23-12-11-21-10-9-20-14-16(2)13-17(3)15-20/h5-8,16-17H,4,9-15H2,1-3H3/t16-,17-/m1/s1. The van der Waals surface area contributed by atoms with E-state index in [1.54, 1.807) is 0 Å². The van der Waals surface area contributed by atoms with Crippen molar-refractivity contribution >= 4 is 0 Å². The summed E-state index contributed by atoms with van der Waals surface area (Å²) in [4.78, 5) is 2.52. The minimum absolute atomic E-state index is 0.552. The Kier molecular flexibility index (Phi) is 7.69. The number of benzene rings is 1. The molecule has 23 heavy (non-hydrogen) atoms. The van der Waals surface area contributed by atoms with Gasteiger partial charge in [0.15, 0.2) is 11.5 Å². The SMILES string of the molecule is CCOc1ccccc1OCCOCCN1C[C@H](C)C[C@@H](C)C1. The lowest BCUT2D eigenvalue weighted by Gasteiger charge is -2.34. The maximum atomic E-state index is 5.75. The van der Waals surface area contributed by atoms with Crippen molar-refractivity contribution in [1.29, 1.82) is 0 Å². The second-order valence-electron chi connectivity index (χ2n) is 6.55. The number of piperidine rings is 1. The Bertz CT molecular complexity index is 442. The highest BCUT2D eigenvalue weighted by molar-refractivity contribution is 5.39. The van der Waals surface area contributed by atoms with E-state index in [0.29, 0.717) is 19.8 Å². The van der Waals surface area contributed by atoms with E-state index in [4.69, 9.17) is 14.2 Å². The lowest BCUT2D eigenvalue weighted by Crippen LogP contribution is -2.40. The molecule has 0 aromatic heterocycles. The van der Waals surface area contributed by atoms with Crippen molar-refractivity contribution in [3.63, 3.8) is 0 Å². The molecule has 130 valence electrons. The van der Waals surface area contributed by atoms with Crippen LogP contribution in [0.25, 0.3) is 0 Å². The Balaban J connectivity index is 1.59. The normalized spacial score (nSPS) is 22.0. The molecule has 0 aliphatic carbocycles. The first-order chi connectivity index (χ1) is 11.2. The number of hydrogen-bond donors (Lipinski definition) is 0. The van der Waals surface area contributed by atoms with Crippen molar-refractivity contribution < 1.29 is 14.2 Å². The summed E-state index contributed by atoms with van der Waals surface area (Å²) < 4.78 is 17.0. The van der Waals surface area contributed by atoms with Gasteiger partial charge >= 0.3 is 0 Å². The maximum Gasteiger partial charge on any atom is 0.161 e. The topological polar surface area (TPSA) is 30.9 Å². The zero-order valence-electron chi connectivity index (χ0n) is 14.8. The Hall–Kier alpha value is -1.26. The van der Waals surface area contributed by atoms with E-state index in [1.807, 2.05) is 31.2 Å². The number of hydrogen-bond acceptors (Lipinski definition) is 4. The number of likely N-dealkylation sites (tertiary alicyclic amines) is 1. The van der Waals surface area contributed by atoms with E-state index >= 15 is 0 Å². The van der Waals surface area contributed by atoms with Crippen LogP contribution in [0.1, 0.15) is 27.2 Å². The zero-order chi connectivity index (χ0) is 16.5. The summed E-state index contributed by atoms with van der Waals surface area (Å²) in [5, 5.41) is 0. The smallest absolute Gasteiger partial charge is 0.161 e. The number of ether oxygens (including phenoxy) is 3. The third kappa shape index (κ3) is 6.40. The molecule has 1 fully saturated rings. The van der Waals surface area contributed by atoms with Crippen molar-refractivity contribution in [1.82, 2.24) is 4.90 Å². The molecular weight excluding hydrogens is 290 g/mol. The van der Waals surface area contributed by atoms with Crippen LogP contribution in [0.4, 0.5) is 0 Å². The third-order valence-corrected chi connectivity index (χ3v) is 4.13. The monoisotopic (exact) mass is 321 g/mol. The fourth-order valence-electron chi connectivity index (χ4n) is 3.33. The van der Waals surface area contributed by atoms with Crippen LogP contribution in [-0.4, -0.2) is 51.0 Å². The van der Waals surface area contributed by atoms with Crippen LogP contribution in [0, 0.1) is 11.8 Å². The van der Waals surface area contributed by atoms with E-state index in [-0.39, 0.29) is 0 Å². The summed E-state index contributed by atoms with van der Waals surface area (Å²) in [7, 11) is 0. The molecule has 1 aromatic carbocycles. The summed E-state index contributed by atoms with van der Waals surface area (Å²) in [6.45, 7) is 12.7. The van der Waals surface area contributed by atoms with Gasteiger partial charge in [-0.2, -0.15) is 0 Å². The molecule has 0 amide bonds. The van der Waals surface area contributed by atoms with Gasteiger partial charge in [-0.3, -0.25) is 0 Å². The van der Waals surface area contributed by atoms with Gasteiger partial charge in [0.05, 0.1) is 19.8 Å². The molecule has 1 heterocycles. The summed E-state index contributed by atoms with van der Waals surface area (Å²) in [5.41, 5.74) is 0. The largest absolute Gasteiger partial charge is 0.490 e. The Morgan fingerprint density at radius 3 is 2.26 bits per heavy atom. The zero-order valence-corrected chi connectivity index (χ0v) is 14.8. The fraction of sp³-hybridized carbons (Fsp3) is 0.684. The fourth-order valence-corrected chi connectivity index (χ4v) is 3.33. The van der Waals surface area contributed by atoms with Gasteiger partial charge in [0.1, 0.15) is 6.61 Å². The van der Waals surface area contributed by atoms with E-state index < -0.39 is 0 Å². The van der Waals surface area contributed by atoms with Gasteiger partial charge in [0, 0.05) is 19.6 Å². The Labute approximate surface area is 140 Å². The quantitative estimate of drug-likeness (QED) is 0.652. The number of para-hydroxylation sites is 2. The van der Waals surface area contributed by atoms with Gasteiger partial charge in [-0.15, -0.1) is 0 Å². The van der Waals surface area contributed by atoms with Crippen LogP contribution in [-0.2, 0) is 4.74 Å². The molecular formula is C19H31NO3. The van der Waals surface area contributed by atoms with Crippen LogP contribution in [0.15, 0.2) is 24.3 Å². The summed E-state index contributed by atoms with van der Waals surface area (Å²) in [5.74, 6) is 3.19. The van der Waals surface area contributed by atoms with E-state index in [9.17, 15) is 0 Å². The lowest BCUT2D eigenvalue weighted by molar-refractivity contribution is 0.0590. The number of rotatable bonds is 9. The molecule has 1 saturated heterocycles. The van der Waals surface area contributed by atoms with Gasteiger partial charge in [0.2, 0.25) is 0 Å². The van der Waals surface area contributed by atoms with Crippen LogP contribution in [0.2, 0.25) is 0 Å². The van der Waals surface area contributed by atoms with Crippen LogP contribution >= 0.6 is 0 Å². The van der Waals surface area contributed by atoms with Crippen molar-refractivity contribution in [2.24, 2.45) is 11.8 Å². The van der Waals surface area contributed by atoms with Gasteiger partial charge in [-0.05, 0) is 37.3 Å². The van der Waals surface area contributed by atoms with E-state index in [2.05, 4.69) is 18.7 Å². The van der Waals surface area contributed by atoms with Crippen LogP contribution in [0.3, 0.4) is 0 Å². The molecule has 0 unspecified atom stereocenters. The van der Waals surface area contributed by atoms with E-state index in [1.165, 1.54) is 19.5 Å². The minimum Gasteiger partial charge on any atom is -0.490 e. The van der Waals surface area contributed by atoms with Crippen molar-refractivity contribution in [3.8, 4) is 11.5 Å². The molecule has 0 saturated carbocycles. The molecule has 4 nitrogen and oxygen atoms in total. The molecule has 2 atom stereocenters. The van der Waals surface area contributed by atoms with Gasteiger partial charge < -0.3 is 19.1 Å². The highest BCUT2D eigenvalue weighted by Gasteiger charge is 2.21. The molecule has 0 radical (unpaired) electrons. The maximum absolute atomic E-state index is 5.75. The highest BCUT2D eigenvalue weighted by Crippen LogP contribution is 2.26. The molecule has 1 aliphatic heterocycles. The molecule has 4 heteroatoms. The van der Waals surface area contributed by atoms with Gasteiger partial charge in [-0.25, -0.2) is 0 Å². The predicted octanol–water partition coefficient (Wildman–Crippen LogP) is 3.46. The molecule has 1 aliphatic rings. The Morgan fingerprint density at radius 2 is 1.61 bits per heavy atom. The first-order valence-electron chi connectivity index (χ1n) is 8.83. The second kappa shape index (κ2) is 9.78. The predicted molar refractivity (Wildman–Crippen MR) is 93.3 cm³/mol. The minimum atomic E-state index is 0.552. The van der Waals surface area contributed by atoms with Gasteiger partial charge in [-0.1, -0.05) is 26.0 Å². The second-order valence-corrected chi connectivity index (χ2v) is 6.55. The van der Waals surface area contributed by atoms with Crippen molar-refractivity contribution in [2.45, 2.75) is 27.2 Å². The molecule has 0 N–H and O–H groups in total.